The van der Waals surface area contributed by atoms with E-state index in [9.17, 15) is 0 Å². The zero-order chi connectivity index (χ0) is 14.9. The summed E-state index contributed by atoms with van der Waals surface area (Å²) in [5.41, 5.74) is 0.613. The SMILES string of the molecule is COCCCNCc1cnc(Oc2ccc(C#N)cc2)s1. The molecule has 0 radical (unpaired) electrons. The summed E-state index contributed by atoms with van der Waals surface area (Å²) in [4.78, 5) is 5.36. The number of methoxy groups -OCH3 is 1. The second-order valence-corrected chi connectivity index (χ2v) is 5.43. The third-order valence-electron chi connectivity index (χ3n) is 2.72. The van der Waals surface area contributed by atoms with E-state index in [0.717, 1.165) is 31.0 Å². The summed E-state index contributed by atoms with van der Waals surface area (Å²) < 4.78 is 10.6. The minimum atomic E-state index is 0.605. The molecule has 0 aliphatic heterocycles. The number of nitrogens with zero attached hydrogens (tertiary/aromatic N) is 2. The molecule has 6 heteroatoms. The molecule has 1 aromatic carbocycles. The van der Waals surface area contributed by atoms with Crippen molar-refractivity contribution in [3.05, 3.63) is 40.9 Å². The molecule has 1 N–H and O–H groups in total. The van der Waals surface area contributed by atoms with Gasteiger partial charge in [0.25, 0.3) is 5.19 Å². The van der Waals surface area contributed by atoms with Gasteiger partial charge in [-0.15, -0.1) is 0 Å². The average molecular weight is 303 g/mol. The molecule has 0 aliphatic rings. The van der Waals surface area contributed by atoms with Crippen LogP contribution in [0.1, 0.15) is 16.9 Å². The zero-order valence-corrected chi connectivity index (χ0v) is 12.7. The van der Waals surface area contributed by atoms with Gasteiger partial charge in [0.15, 0.2) is 0 Å². The fourth-order valence-electron chi connectivity index (χ4n) is 1.67. The first-order valence-corrected chi connectivity index (χ1v) is 7.46. The Hall–Kier alpha value is -1.94. The highest BCUT2D eigenvalue weighted by atomic mass is 32.1. The first-order valence-electron chi connectivity index (χ1n) is 6.64. The van der Waals surface area contributed by atoms with E-state index in [1.54, 1.807) is 31.4 Å². The monoisotopic (exact) mass is 303 g/mol. The normalized spacial score (nSPS) is 10.3. The molecule has 2 aromatic rings. The lowest BCUT2D eigenvalue weighted by molar-refractivity contribution is 0.194. The molecule has 0 saturated heterocycles. The van der Waals surface area contributed by atoms with E-state index in [1.807, 2.05) is 6.20 Å². The zero-order valence-electron chi connectivity index (χ0n) is 11.8. The second kappa shape index (κ2) is 8.37. The molecule has 0 fully saturated rings. The van der Waals surface area contributed by atoms with Gasteiger partial charge in [0.2, 0.25) is 0 Å². The fourth-order valence-corrected chi connectivity index (χ4v) is 2.42. The molecule has 0 saturated carbocycles. The van der Waals surface area contributed by atoms with Gasteiger partial charge in [0, 0.05) is 31.3 Å². The third-order valence-corrected chi connectivity index (χ3v) is 3.60. The molecule has 0 amide bonds. The predicted molar refractivity (Wildman–Crippen MR) is 81.5 cm³/mol. The van der Waals surface area contributed by atoms with Crippen LogP contribution in [0.25, 0.3) is 0 Å². The Morgan fingerprint density at radius 1 is 1.33 bits per heavy atom. The smallest absolute Gasteiger partial charge is 0.278 e. The van der Waals surface area contributed by atoms with Crippen LogP contribution in [-0.2, 0) is 11.3 Å². The van der Waals surface area contributed by atoms with Crippen LogP contribution in [0.5, 0.6) is 10.9 Å². The summed E-state index contributed by atoms with van der Waals surface area (Å²) in [5.74, 6) is 0.683. The summed E-state index contributed by atoms with van der Waals surface area (Å²) in [6.45, 7) is 2.46. The van der Waals surface area contributed by atoms with Crippen LogP contribution >= 0.6 is 11.3 Å². The van der Waals surface area contributed by atoms with Gasteiger partial charge in [-0.25, -0.2) is 4.98 Å². The van der Waals surface area contributed by atoms with E-state index in [4.69, 9.17) is 14.7 Å². The van der Waals surface area contributed by atoms with E-state index in [-0.39, 0.29) is 0 Å². The topological polar surface area (TPSA) is 67.2 Å². The Balaban J connectivity index is 1.80. The number of nitrogens with one attached hydrogen (secondary N) is 1. The molecule has 0 unspecified atom stereocenters. The highest BCUT2D eigenvalue weighted by molar-refractivity contribution is 7.13. The van der Waals surface area contributed by atoms with E-state index in [2.05, 4.69) is 16.4 Å². The van der Waals surface area contributed by atoms with Crippen LogP contribution in [0.4, 0.5) is 0 Å². The summed E-state index contributed by atoms with van der Waals surface area (Å²) in [7, 11) is 1.70. The third kappa shape index (κ3) is 5.16. The molecule has 21 heavy (non-hydrogen) atoms. The molecule has 110 valence electrons. The van der Waals surface area contributed by atoms with Crippen LogP contribution in [0, 0.1) is 11.3 Å². The summed E-state index contributed by atoms with van der Waals surface area (Å²) in [5, 5.41) is 12.7. The minimum absolute atomic E-state index is 0.605. The highest BCUT2D eigenvalue weighted by Gasteiger charge is 2.04. The molecular weight excluding hydrogens is 286 g/mol. The summed E-state index contributed by atoms with van der Waals surface area (Å²) >= 11 is 1.51. The first-order chi connectivity index (χ1) is 10.3. The van der Waals surface area contributed by atoms with Crippen LogP contribution < -0.4 is 10.1 Å². The average Bonchev–Trinajstić information content (AvgIpc) is 2.95. The molecular formula is C15H17N3O2S. The molecule has 0 atom stereocenters. The first kappa shape index (κ1) is 15.4. The lowest BCUT2D eigenvalue weighted by Gasteiger charge is -2.02. The van der Waals surface area contributed by atoms with Crippen LogP contribution in [0.15, 0.2) is 30.5 Å². The second-order valence-electron chi connectivity index (χ2n) is 4.35. The van der Waals surface area contributed by atoms with Gasteiger partial charge >= 0.3 is 0 Å². The Morgan fingerprint density at radius 3 is 2.86 bits per heavy atom. The minimum Gasteiger partial charge on any atom is -0.431 e. The Kier molecular flexibility index (Phi) is 6.16. The molecule has 1 heterocycles. The van der Waals surface area contributed by atoms with Crippen LogP contribution in [0.2, 0.25) is 0 Å². The lowest BCUT2D eigenvalue weighted by atomic mass is 10.2. The van der Waals surface area contributed by atoms with Crippen molar-refractivity contribution in [3.63, 3.8) is 0 Å². The maximum atomic E-state index is 8.74. The molecule has 0 aliphatic carbocycles. The van der Waals surface area contributed by atoms with Gasteiger partial charge in [-0.05, 0) is 37.2 Å². The predicted octanol–water partition coefficient (Wildman–Crippen LogP) is 2.93. The van der Waals surface area contributed by atoms with E-state index in [0.29, 0.717) is 16.5 Å². The van der Waals surface area contributed by atoms with E-state index < -0.39 is 0 Å². The highest BCUT2D eigenvalue weighted by Crippen LogP contribution is 2.26. The number of aromatic nitrogens is 1. The van der Waals surface area contributed by atoms with E-state index >= 15 is 0 Å². The maximum Gasteiger partial charge on any atom is 0.278 e. The maximum absolute atomic E-state index is 8.74. The van der Waals surface area contributed by atoms with Gasteiger partial charge in [-0.1, -0.05) is 11.3 Å². The number of nitriles is 1. The molecule has 0 spiro atoms. The van der Waals surface area contributed by atoms with Gasteiger partial charge in [-0.2, -0.15) is 5.26 Å². The van der Waals surface area contributed by atoms with Gasteiger partial charge in [0.1, 0.15) is 5.75 Å². The summed E-state index contributed by atoms with van der Waals surface area (Å²) in [6.07, 6.45) is 2.80. The Bertz CT molecular complexity index is 590. The van der Waals surface area contributed by atoms with Crippen molar-refractivity contribution in [1.82, 2.24) is 10.3 Å². The molecule has 0 bridgehead atoms. The number of hydrogen-bond donors (Lipinski definition) is 1. The Labute approximate surface area is 128 Å². The van der Waals surface area contributed by atoms with Crippen molar-refractivity contribution in [3.8, 4) is 17.0 Å². The van der Waals surface area contributed by atoms with Crippen LogP contribution in [0.3, 0.4) is 0 Å². The molecule has 5 nitrogen and oxygen atoms in total. The van der Waals surface area contributed by atoms with Crippen LogP contribution in [-0.4, -0.2) is 25.2 Å². The van der Waals surface area contributed by atoms with E-state index in [1.165, 1.54) is 11.3 Å². The van der Waals surface area contributed by atoms with Crippen molar-refractivity contribution >= 4 is 11.3 Å². The van der Waals surface area contributed by atoms with Crippen molar-refractivity contribution in [2.75, 3.05) is 20.3 Å². The van der Waals surface area contributed by atoms with Crippen molar-refractivity contribution in [2.24, 2.45) is 0 Å². The van der Waals surface area contributed by atoms with Gasteiger partial charge in [0.05, 0.1) is 11.6 Å². The summed E-state index contributed by atoms with van der Waals surface area (Å²) in [6, 6.07) is 9.05. The number of ether oxygens (including phenoxy) is 2. The number of hydrogen-bond acceptors (Lipinski definition) is 6. The molecule has 1 aromatic heterocycles. The van der Waals surface area contributed by atoms with Gasteiger partial charge in [-0.3, -0.25) is 0 Å². The number of benzene rings is 1. The largest absolute Gasteiger partial charge is 0.431 e. The van der Waals surface area contributed by atoms with Crippen molar-refractivity contribution in [1.29, 1.82) is 5.26 Å². The molecule has 2 rings (SSSR count). The standard InChI is InChI=1S/C15H17N3O2S/c1-19-8-2-7-17-10-14-11-18-15(21-14)20-13-5-3-12(9-16)4-6-13/h3-6,11,17H,2,7-8,10H2,1H3. The number of rotatable bonds is 8. The lowest BCUT2D eigenvalue weighted by Crippen LogP contribution is -2.15. The fraction of sp³-hybridized carbons (Fsp3) is 0.333. The van der Waals surface area contributed by atoms with Crippen molar-refractivity contribution < 1.29 is 9.47 Å². The van der Waals surface area contributed by atoms with Gasteiger partial charge < -0.3 is 14.8 Å². The quantitative estimate of drug-likeness (QED) is 0.759. The van der Waals surface area contributed by atoms with Crippen molar-refractivity contribution in [2.45, 2.75) is 13.0 Å². The number of thiazole rings is 1. The Morgan fingerprint density at radius 2 is 2.14 bits per heavy atom.